The van der Waals surface area contributed by atoms with Crippen molar-refractivity contribution in [2.45, 2.75) is 13.8 Å². The van der Waals surface area contributed by atoms with Gasteiger partial charge in [-0.2, -0.15) is 0 Å². The Labute approximate surface area is 299 Å². The van der Waals surface area contributed by atoms with Crippen molar-refractivity contribution < 1.29 is 0 Å². The standard InChI is InChI=1S/C48H28N4/c1-25-15-16-30(26(2)51-25)36-18-45-42(46-22-40-34-14-6-10-28-9-4-12-32(48(28)34)38(40)20-43(36)46)17-35(29-23-49-52-50-24-29)41-19-37-31-11-3-7-27-8-5-13-33(47(27)31)39(37)21-44(41)45/h3-24H,1-2H3. The number of fused-ring (bicyclic) bond motifs is 11. The van der Waals surface area contributed by atoms with Gasteiger partial charge in [0, 0.05) is 22.5 Å². The van der Waals surface area contributed by atoms with Crippen molar-refractivity contribution in [3.05, 3.63) is 145 Å². The molecule has 0 spiro atoms. The zero-order valence-electron chi connectivity index (χ0n) is 28.5. The van der Waals surface area contributed by atoms with Crippen LogP contribution in [-0.4, -0.2) is 20.4 Å². The van der Waals surface area contributed by atoms with E-state index in [9.17, 15) is 0 Å². The molecular formula is C48H28N4. The van der Waals surface area contributed by atoms with E-state index in [1.807, 2.05) is 12.4 Å². The molecule has 2 aliphatic carbocycles. The average Bonchev–Trinajstić information content (AvgIpc) is 3.67. The van der Waals surface area contributed by atoms with Crippen molar-refractivity contribution >= 4 is 53.9 Å². The number of aryl methyl sites for hydroxylation is 2. The van der Waals surface area contributed by atoms with Crippen molar-refractivity contribution in [1.82, 2.24) is 20.4 Å². The summed E-state index contributed by atoms with van der Waals surface area (Å²) in [6.45, 7) is 4.20. The zero-order valence-corrected chi connectivity index (χ0v) is 28.5. The molecule has 2 heterocycles. The summed E-state index contributed by atoms with van der Waals surface area (Å²) in [6, 6.07) is 45.6. The van der Waals surface area contributed by atoms with Gasteiger partial charge >= 0.3 is 0 Å². The lowest BCUT2D eigenvalue weighted by molar-refractivity contribution is 0.867. The summed E-state index contributed by atoms with van der Waals surface area (Å²) in [5.74, 6) is 0. The van der Waals surface area contributed by atoms with Gasteiger partial charge in [0.15, 0.2) is 0 Å². The second-order valence-corrected chi connectivity index (χ2v) is 14.4. The minimum atomic E-state index is 0.949. The van der Waals surface area contributed by atoms with Crippen molar-refractivity contribution in [3.8, 4) is 66.8 Å². The molecule has 0 radical (unpaired) electrons. The summed E-state index contributed by atoms with van der Waals surface area (Å²) >= 11 is 0. The number of rotatable bonds is 2. The molecule has 10 aromatic rings. The third kappa shape index (κ3) is 3.60. The van der Waals surface area contributed by atoms with Crippen LogP contribution >= 0.6 is 0 Å². The van der Waals surface area contributed by atoms with Crippen molar-refractivity contribution in [2.75, 3.05) is 0 Å². The fourth-order valence-electron chi connectivity index (χ4n) is 9.42. The van der Waals surface area contributed by atoms with E-state index in [1.165, 1.54) is 104 Å². The quantitative estimate of drug-likeness (QED) is 0.173. The van der Waals surface area contributed by atoms with Crippen LogP contribution in [0.2, 0.25) is 0 Å². The van der Waals surface area contributed by atoms with Crippen LogP contribution < -0.4 is 0 Å². The fourth-order valence-corrected chi connectivity index (χ4v) is 9.42. The summed E-state index contributed by atoms with van der Waals surface area (Å²) < 4.78 is 0. The minimum absolute atomic E-state index is 0.949. The van der Waals surface area contributed by atoms with Gasteiger partial charge in [-0.05, 0) is 171 Å². The van der Waals surface area contributed by atoms with Crippen LogP contribution in [0.3, 0.4) is 0 Å². The molecule has 4 heteroatoms. The summed E-state index contributed by atoms with van der Waals surface area (Å²) in [4.78, 5) is 4.96. The van der Waals surface area contributed by atoms with Crippen molar-refractivity contribution in [1.29, 1.82) is 0 Å². The van der Waals surface area contributed by atoms with Crippen LogP contribution in [0, 0.1) is 13.8 Å². The SMILES string of the molecule is Cc1ccc(-c2cc3c4cc5c(cc4c(-c4cnnnc4)cc3c3cc4c(cc23)-c2cccc3cccc-4c23)-c2cccc3cccc-5c23)c(C)n1. The second kappa shape index (κ2) is 9.93. The lowest BCUT2D eigenvalue weighted by Gasteiger charge is -2.19. The topological polar surface area (TPSA) is 51.6 Å². The Bertz CT molecular complexity index is 3240. The fraction of sp³-hybridized carbons (Fsp3) is 0.0417. The smallest absolute Gasteiger partial charge is 0.0608 e. The molecular weight excluding hydrogens is 633 g/mol. The molecule has 8 aromatic carbocycles. The maximum Gasteiger partial charge on any atom is 0.0608 e. The summed E-state index contributed by atoms with van der Waals surface area (Å²) in [5, 5.41) is 24.8. The Kier molecular flexibility index (Phi) is 5.34. The van der Waals surface area contributed by atoms with Crippen LogP contribution in [0.4, 0.5) is 0 Å². The van der Waals surface area contributed by atoms with E-state index >= 15 is 0 Å². The molecule has 2 aliphatic rings. The molecule has 0 saturated carbocycles. The van der Waals surface area contributed by atoms with Crippen LogP contribution in [0.5, 0.6) is 0 Å². The summed E-state index contributed by atoms with van der Waals surface area (Å²) in [5.41, 5.74) is 16.7. The normalized spacial score (nSPS) is 12.4. The average molecular weight is 661 g/mol. The first-order valence-electron chi connectivity index (χ1n) is 17.8. The van der Waals surface area contributed by atoms with E-state index < -0.39 is 0 Å². The highest BCUT2D eigenvalue weighted by atomic mass is 15.3. The van der Waals surface area contributed by atoms with Gasteiger partial charge in [-0.25, -0.2) is 0 Å². The highest BCUT2D eigenvalue weighted by molar-refractivity contribution is 6.29. The van der Waals surface area contributed by atoms with E-state index in [-0.39, 0.29) is 0 Å². The summed E-state index contributed by atoms with van der Waals surface area (Å²) in [6.07, 6.45) is 3.67. The Morgan fingerprint density at radius 1 is 0.365 bits per heavy atom. The third-order valence-electron chi connectivity index (χ3n) is 11.6. The van der Waals surface area contributed by atoms with E-state index in [2.05, 4.69) is 151 Å². The van der Waals surface area contributed by atoms with E-state index in [0.29, 0.717) is 0 Å². The van der Waals surface area contributed by atoms with Crippen molar-refractivity contribution in [3.63, 3.8) is 0 Å². The number of benzene rings is 8. The van der Waals surface area contributed by atoms with Gasteiger partial charge in [0.05, 0.1) is 12.4 Å². The molecule has 0 amide bonds. The molecule has 0 fully saturated rings. The van der Waals surface area contributed by atoms with Gasteiger partial charge in [0.1, 0.15) is 0 Å². The molecule has 240 valence electrons. The molecule has 12 rings (SSSR count). The molecule has 52 heavy (non-hydrogen) atoms. The number of nitrogens with zero attached hydrogens (tertiary/aromatic N) is 4. The molecule has 0 saturated heterocycles. The lowest BCUT2D eigenvalue weighted by Crippen LogP contribution is -1.95. The second-order valence-electron chi connectivity index (χ2n) is 14.4. The maximum atomic E-state index is 4.96. The molecule has 0 bridgehead atoms. The molecule has 0 unspecified atom stereocenters. The van der Waals surface area contributed by atoms with Crippen LogP contribution in [-0.2, 0) is 0 Å². The van der Waals surface area contributed by atoms with Gasteiger partial charge in [-0.15, -0.1) is 10.2 Å². The Morgan fingerprint density at radius 3 is 1.29 bits per heavy atom. The number of hydrogen-bond acceptors (Lipinski definition) is 4. The molecule has 0 N–H and O–H groups in total. The number of pyridine rings is 1. The lowest BCUT2D eigenvalue weighted by atomic mass is 9.85. The predicted molar refractivity (Wildman–Crippen MR) is 214 cm³/mol. The van der Waals surface area contributed by atoms with Gasteiger partial charge in [-0.1, -0.05) is 78.9 Å². The van der Waals surface area contributed by atoms with Gasteiger partial charge in [-0.3, -0.25) is 4.98 Å². The van der Waals surface area contributed by atoms with Crippen LogP contribution in [0.25, 0.3) is 121 Å². The van der Waals surface area contributed by atoms with E-state index in [0.717, 1.165) is 28.1 Å². The first-order chi connectivity index (χ1) is 25.6. The predicted octanol–water partition coefficient (Wildman–Crippen LogP) is 12.3. The zero-order chi connectivity index (χ0) is 34.2. The molecule has 0 aliphatic heterocycles. The first kappa shape index (κ1) is 28.0. The van der Waals surface area contributed by atoms with E-state index in [1.54, 1.807) is 0 Å². The number of aromatic nitrogens is 4. The minimum Gasteiger partial charge on any atom is -0.258 e. The summed E-state index contributed by atoms with van der Waals surface area (Å²) in [7, 11) is 0. The first-order valence-corrected chi connectivity index (χ1v) is 17.8. The Hall–Kier alpha value is -6.78. The molecule has 2 aromatic heterocycles. The highest BCUT2D eigenvalue weighted by Crippen LogP contribution is 2.54. The highest BCUT2D eigenvalue weighted by Gasteiger charge is 2.27. The monoisotopic (exact) mass is 660 g/mol. The Morgan fingerprint density at radius 2 is 0.788 bits per heavy atom. The molecule has 0 atom stereocenters. The van der Waals surface area contributed by atoms with Gasteiger partial charge in [0.25, 0.3) is 0 Å². The maximum absolute atomic E-state index is 4.96. The van der Waals surface area contributed by atoms with Gasteiger partial charge < -0.3 is 0 Å². The van der Waals surface area contributed by atoms with Crippen LogP contribution in [0.15, 0.2) is 134 Å². The number of hydrogen-bond donors (Lipinski definition) is 0. The van der Waals surface area contributed by atoms with Crippen LogP contribution in [0.1, 0.15) is 11.4 Å². The van der Waals surface area contributed by atoms with Gasteiger partial charge in [0.2, 0.25) is 0 Å². The Balaban J connectivity index is 1.28. The van der Waals surface area contributed by atoms with Crippen molar-refractivity contribution in [2.24, 2.45) is 0 Å². The third-order valence-corrected chi connectivity index (χ3v) is 11.6. The molecule has 4 nitrogen and oxygen atoms in total. The van der Waals surface area contributed by atoms with E-state index in [4.69, 9.17) is 4.98 Å². The largest absolute Gasteiger partial charge is 0.258 e.